The minimum absolute atomic E-state index is 0.194. The molecule has 27 heavy (non-hydrogen) atoms. The van der Waals surface area contributed by atoms with E-state index in [1.54, 1.807) is 11.9 Å². The van der Waals surface area contributed by atoms with Crippen LogP contribution in [0.5, 0.6) is 11.5 Å². The highest BCUT2D eigenvalue weighted by Crippen LogP contribution is 2.18. The number of hydrogen-bond acceptors (Lipinski definition) is 4. The molecule has 0 bridgehead atoms. The molecule has 0 unspecified atom stereocenters. The Labute approximate surface area is 158 Å². The third kappa shape index (κ3) is 4.91. The van der Waals surface area contributed by atoms with Crippen LogP contribution in [0.3, 0.4) is 0 Å². The third-order valence-electron chi connectivity index (χ3n) is 4.03. The van der Waals surface area contributed by atoms with Gasteiger partial charge in [-0.05, 0) is 56.3 Å². The summed E-state index contributed by atoms with van der Waals surface area (Å²) in [6.45, 7) is 5.34. The standard InChI is InChI=1S/C20H24N4O3/c1-4-26-16-6-8-17(9-7-16)27-12-11-24(3)20(25)23-15-5-10-18-19(13-15)22-14(2)21-18/h5-10,13H,4,11-12H2,1-3H3,(H,21,22)(H,23,25). The fourth-order valence-electron chi connectivity index (χ4n) is 2.63. The van der Waals surface area contributed by atoms with E-state index in [1.807, 2.05) is 56.3 Å². The molecule has 7 nitrogen and oxygen atoms in total. The van der Waals surface area contributed by atoms with Gasteiger partial charge in [-0.3, -0.25) is 0 Å². The van der Waals surface area contributed by atoms with Gasteiger partial charge in [-0.2, -0.15) is 0 Å². The Morgan fingerprint density at radius 2 is 1.85 bits per heavy atom. The average molecular weight is 368 g/mol. The van der Waals surface area contributed by atoms with Gasteiger partial charge in [0.1, 0.15) is 23.9 Å². The van der Waals surface area contributed by atoms with Gasteiger partial charge in [0.05, 0.1) is 24.2 Å². The number of H-pyrrole nitrogens is 1. The third-order valence-corrected chi connectivity index (χ3v) is 4.03. The lowest BCUT2D eigenvalue weighted by Crippen LogP contribution is -2.34. The minimum atomic E-state index is -0.194. The van der Waals surface area contributed by atoms with Crippen molar-refractivity contribution in [2.24, 2.45) is 0 Å². The molecule has 2 aromatic carbocycles. The van der Waals surface area contributed by atoms with Crippen molar-refractivity contribution in [3.63, 3.8) is 0 Å². The summed E-state index contributed by atoms with van der Waals surface area (Å²) in [5, 5.41) is 2.88. The van der Waals surface area contributed by atoms with Crippen molar-refractivity contribution >= 4 is 22.8 Å². The van der Waals surface area contributed by atoms with Gasteiger partial charge in [-0.15, -0.1) is 0 Å². The van der Waals surface area contributed by atoms with Crippen LogP contribution in [0, 0.1) is 6.92 Å². The van der Waals surface area contributed by atoms with E-state index in [1.165, 1.54) is 0 Å². The number of fused-ring (bicyclic) bond motifs is 1. The van der Waals surface area contributed by atoms with Crippen molar-refractivity contribution in [2.45, 2.75) is 13.8 Å². The Kier molecular flexibility index (Phi) is 5.80. The number of nitrogens with one attached hydrogen (secondary N) is 2. The van der Waals surface area contributed by atoms with Crippen molar-refractivity contribution in [2.75, 3.05) is 32.1 Å². The van der Waals surface area contributed by atoms with Crippen LogP contribution in [0.25, 0.3) is 11.0 Å². The first-order valence-electron chi connectivity index (χ1n) is 8.89. The van der Waals surface area contributed by atoms with Crippen LogP contribution >= 0.6 is 0 Å². The highest BCUT2D eigenvalue weighted by Gasteiger charge is 2.10. The van der Waals surface area contributed by atoms with E-state index in [4.69, 9.17) is 9.47 Å². The number of nitrogens with zero attached hydrogens (tertiary/aromatic N) is 2. The van der Waals surface area contributed by atoms with Crippen molar-refractivity contribution in [3.8, 4) is 11.5 Å². The number of hydrogen-bond donors (Lipinski definition) is 2. The monoisotopic (exact) mass is 368 g/mol. The number of likely N-dealkylation sites (N-methyl/N-ethyl adjacent to an activating group) is 1. The van der Waals surface area contributed by atoms with Crippen LogP contribution in [-0.2, 0) is 0 Å². The van der Waals surface area contributed by atoms with E-state index in [0.717, 1.165) is 34.0 Å². The molecule has 0 radical (unpaired) electrons. The van der Waals surface area contributed by atoms with E-state index in [2.05, 4.69) is 15.3 Å². The second-order valence-corrected chi connectivity index (χ2v) is 6.16. The molecule has 0 fully saturated rings. The number of imidazole rings is 1. The molecule has 0 aliphatic heterocycles. The summed E-state index contributed by atoms with van der Waals surface area (Å²) >= 11 is 0. The molecule has 0 saturated carbocycles. The SMILES string of the molecule is CCOc1ccc(OCCN(C)C(=O)Nc2ccc3nc(C)[nH]c3c2)cc1. The van der Waals surface area contributed by atoms with Crippen LogP contribution in [0.2, 0.25) is 0 Å². The molecule has 142 valence electrons. The molecule has 2 N–H and O–H groups in total. The largest absolute Gasteiger partial charge is 0.494 e. The zero-order chi connectivity index (χ0) is 19.2. The number of ether oxygens (including phenoxy) is 2. The first kappa shape index (κ1) is 18.6. The summed E-state index contributed by atoms with van der Waals surface area (Å²) in [7, 11) is 1.73. The molecule has 0 saturated heterocycles. The average Bonchev–Trinajstić information content (AvgIpc) is 3.02. The topological polar surface area (TPSA) is 79.5 Å². The number of amides is 2. The summed E-state index contributed by atoms with van der Waals surface area (Å²) in [6, 6.07) is 12.8. The van der Waals surface area contributed by atoms with Gasteiger partial charge < -0.3 is 24.7 Å². The van der Waals surface area contributed by atoms with E-state index in [0.29, 0.717) is 19.8 Å². The van der Waals surface area contributed by atoms with E-state index in [9.17, 15) is 4.79 Å². The number of carbonyl (C=O) groups is 1. The molecular weight excluding hydrogens is 344 g/mol. The molecule has 0 atom stereocenters. The second-order valence-electron chi connectivity index (χ2n) is 6.16. The molecule has 0 aliphatic carbocycles. The molecule has 2 amide bonds. The zero-order valence-electron chi connectivity index (χ0n) is 15.8. The Balaban J connectivity index is 1.48. The Bertz CT molecular complexity index is 905. The molecule has 1 aromatic heterocycles. The van der Waals surface area contributed by atoms with E-state index < -0.39 is 0 Å². The number of anilines is 1. The van der Waals surface area contributed by atoms with Crippen LogP contribution < -0.4 is 14.8 Å². The van der Waals surface area contributed by atoms with Crippen molar-refractivity contribution < 1.29 is 14.3 Å². The highest BCUT2D eigenvalue weighted by atomic mass is 16.5. The van der Waals surface area contributed by atoms with Gasteiger partial charge in [-0.1, -0.05) is 0 Å². The summed E-state index contributed by atoms with van der Waals surface area (Å²) in [4.78, 5) is 21.4. The van der Waals surface area contributed by atoms with Gasteiger partial charge in [-0.25, -0.2) is 9.78 Å². The number of urea groups is 1. The van der Waals surface area contributed by atoms with Crippen LogP contribution in [0.4, 0.5) is 10.5 Å². The normalized spacial score (nSPS) is 10.6. The summed E-state index contributed by atoms with van der Waals surface area (Å²) in [6.07, 6.45) is 0. The first-order valence-corrected chi connectivity index (χ1v) is 8.89. The van der Waals surface area contributed by atoms with Crippen LogP contribution in [0.1, 0.15) is 12.7 Å². The minimum Gasteiger partial charge on any atom is -0.494 e. The molecule has 3 rings (SSSR count). The van der Waals surface area contributed by atoms with Crippen LogP contribution in [-0.4, -0.2) is 47.7 Å². The van der Waals surface area contributed by atoms with Gasteiger partial charge in [0, 0.05) is 12.7 Å². The maximum Gasteiger partial charge on any atom is 0.321 e. The smallest absolute Gasteiger partial charge is 0.321 e. The fraction of sp³-hybridized carbons (Fsp3) is 0.300. The Hall–Kier alpha value is -3.22. The number of carbonyl (C=O) groups excluding carboxylic acids is 1. The van der Waals surface area contributed by atoms with E-state index in [-0.39, 0.29) is 6.03 Å². The maximum absolute atomic E-state index is 12.3. The molecule has 0 aliphatic rings. The highest BCUT2D eigenvalue weighted by molar-refractivity contribution is 5.91. The van der Waals surface area contributed by atoms with Gasteiger partial charge in [0.2, 0.25) is 0 Å². The Morgan fingerprint density at radius 1 is 1.15 bits per heavy atom. The summed E-state index contributed by atoms with van der Waals surface area (Å²) < 4.78 is 11.1. The van der Waals surface area contributed by atoms with Crippen molar-refractivity contribution in [3.05, 3.63) is 48.3 Å². The van der Waals surface area contributed by atoms with Crippen molar-refractivity contribution in [1.29, 1.82) is 0 Å². The summed E-state index contributed by atoms with van der Waals surface area (Å²) in [5.74, 6) is 2.40. The quantitative estimate of drug-likeness (QED) is 0.665. The van der Waals surface area contributed by atoms with Crippen LogP contribution in [0.15, 0.2) is 42.5 Å². The lowest BCUT2D eigenvalue weighted by atomic mass is 10.3. The molecule has 0 spiro atoms. The lowest BCUT2D eigenvalue weighted by Gasteiger charge is -2.18. The molecule has 1 heterocycles. The fourth-order valence-corrected chi connectivity index (χ4v) is 2.63. The number of benzene rings is 2. The molecule has 7 heteroatoms. The van der Waals surface area contributed by atoms with Crippen molar-refractivity contribution in [1.82, 2.24) is 14.9 Å². The van der Waals surface area contributed by atoms with E-state index >= 15 is 0 Å². The van der Waals surface area contributed by atoms with Gasteiger partial charge in [0.25, 0.3) is 0 Å². The molecular formula is C20H24N4O3. The van der Waals surface area contributed by atoms with Gasteiger partial charge >= 0.3 is 6.03 Å². The first-order chi connectivity index (χ1) is 13.0. The second kappa shape index (κ2) is 8.44. The van der Waals surface area contributed by atoms with Gasteiger partial charge in [0.15, 0.2) is 0 Å². The molecule has 3 aromatic rings. The number of aromatic nitrogens is 2. The zero-order valence-corrected chi connectivity index (χ0v) is 15.8. The lowest BCUT2D eigenvalue weighted by molar-refractivity contribution is 0.207. The number of aromatic amines is 1. The maximum atomic E-state index is 12.3. The number of rotatable bonds is 7. The number of aryl methyl sites for hydroxylation is 1. The predicted molar refractivity (Wildman–Crippen MR) is 106 cm³/mol. The predicted octanol–water partition coefficient (Wildman–Crippen LogP) is 3.81. The Morgan fingerprint density at radius 3 is 2.56 bits per heavy atom. The summed E-state index contributed by atoms with van der Waals surface area (Å²) in [5.41, 5.74) is 2.49.